The molecule has 0 bridgehead atoms. The van der Waals surface area contributed by atoms with Crippen molar-refractivity contribution in [3.8, 4) is 0 Å². The van der Waals surface area contributed by atoms with Crippen LogP contribution < -0.4 is 0 Å². The van der Waals surface area contributed by atoms with Gasteiger partial charge in [-0.05, 0) is 19.9 Å². The summed E-state index contributed by atoms with van der Waals surface area (Å²) in [7, 11) is -5.86. The van der Waals surface area contributed by atoms with E-state index in [9.17, 15) is 23.9 Å². The summed E-state index contributed by atoms with van der Waals surface area (Å²) < 4.78 is 42.2. The quantitative estimate of drug-likeness (QED) is 0.0355. The van der Waals surface area contributed by atoms with Crippen molar-refractivity contribution in [1.29, 1.82) is 0 Å². The Balaban J connectivity index is 4.32. The van der Waals surface area contributed by atoms with Gasteiger partial charge in [0.15, 0.2) is 0 Å². The normalized spacial score (nSPS) is 12.9. The van der Waals surface area contributed by atoms with Gasteiger partial charge in [-0.1, -0.05) is 211 Å². The van der Waals surface area contributed by atoms with Gasteiger partial charge in [0.1, 0.15) is 0 Å². The lowest BCUT2D eigenvalue weighted by atomic mass is 10.0. The molecule has 0 heterocycles. The van der Waals surface area contributed by atoms with Crippen LogP contribution >= 0.6 is 15.9 Å². The second kappa shape index (κ2) is 37.9. The van der Waals surface area contributed by atoms with E-state index in [0.29, 0.717) is 12.8 Å². The molecule has 0 aliphatic carbocycles. The summed E-state index contributed by atoms with van der Waals surface area (Å²) in [6, 6.07) is 0. The van der Waals surface area contributed by atoms with Crippen molar-refractivity contribution in [2.45, 2.75) is 225 Å². The number of hydrogen-bond acceptors (Lipinski definition) is 7. The zero-order valence-corrected chi connectivity index (χ0v) is 35.3. The Morgan fingerprint density at radius 3 is 1.04 bits per heavy atom. The molecule has 0 aromatic carbocycles. The third-order valence-electron chi connectivity index (χ3n) is 9.75. The molecular formula is C40H82NO8P2+. The van der Waals surface area contributed by atoms with Gasteiger partial charge >= 0.3 is 21.8 Å². The topological polar surface area (TPSA) is 123 Å². The van der Waals surface area contributed by atoms with Gasteiger partial charge in [0, 0.05) is 4.57 Å². The van der Waals surface area contributed by atoms with E-state index in [4.69, 9.17) is 13.6 Å². The predicted molar refractivity (Wildman–Crippen MR) is 214 cm³/mol. The number of carboxylic acid groups (broad SMARTS) is 1. The van der Waals surface area contributed by atoms with Crippen LogP contribution in [0.3, 0.4) is 0 Å². The van der Waals surface area contributed by atoms with Gasteiger partial charge in [-0.2, -0.15) is 0 Å². The van der Waals surface area contributed by atoms with Crippen LogP contribution in [0.1, 0.15) is 219 Å². The molecule has 0 fully saturated rings. The first-order chi connectivity index (χ1) is 24.8. The van der Waals surface area contributed by atoms with Crippen LogP contribution in [0.5, 0.6) is 0 Å². The van der Waals surface area contributed by atoms with Gasteiger partial charge in [0.25, 0.3) is 5.97 Å². The molecule has 0 saturated heterocycles. The Morgan fingerprint density at radius 2 is 0.804 bits per heavy atom. The molecule has 0 radical (unpaired) electrons. The predicted octanol–water partition coefficient (Wildman–Crippen LogP) is 13.7. The Hall–Kier alpha value is -0.400. The highest BCUT2D eigenvalue weighted by atomic mass is 31.2. The molecule has 304 valence electrons. The summed E-state index contributed by atoms with van der Waals surface area (Å²) in [5.41, 5.74) is 0. The summed E-state index contributed by atoms with van der Waals surface area (Å²) in [6.07, 6.45) is 39.8. The van der Waals surface area contributed by atoms with Crippen LogP contribution in [0.4, 0.5) is 0 Å². The Bertz CT molecular complexity index is 792. The van der Waals surface area contributed by atoms with Gasteiger partial charge in [-0.25, -0.2) is 0 Å². The number of carbonyl (C=O) groups is 1. The fourth-order valence-electron chi connectivity index (χ4n) is 6.60. The molecule has 51 heavy (non-hydrogen) atoms. The highest BCUT2D eigenvalue weighted by Crippen LogP contribution is 2.56. The number of rotatable bonds is 42. The van der Waals surface area contributed by atoms with Crippen LogP contribution in [0.2, 0.25) is 0 Å². The van der Waals surface area contributed by atoms with Crippen molar-refractivity contribution >= 4 is 21.8 Å². The Kier molecular flexibility index (Phi) is 37.6. The summed E-state index contributed by atoms with van der Waals surface area (Å²) in [4.78, 5) is 22.0. The molecule has 0 aromatic rings. The van der Waals surface area contributed by atoms with Gasteiger partial charge in [0.2, 0.25) is 0 Å². The summed E-state index contributed by atoms with van der Waals surface area (Å²) in [5.74, 6) is -2.76. The largest absolute Gasteiger partial charge is 0.697 e. The van der Waals surface area contributed by atoms with E-state index >= 15 is 0 Å². The van der Waals surface area contributed by atoms with E-state index in [1.807, 2.05) is 0 Å². The second-order valence-electron chi connectivity index (χ2n) is 14.8. The van der Waals surface area contributed by atoms with Crippen LogP contribution in [-0.4, -0.2) is 53.6 Å². The van der Waals surface area contributed by atoms with E-state index < -0.39 is 34.3 Å². The third kappa shape index (κ3) is 33.9. The van der Waals surface area contributed by atoms with Crippen LogP contribution in [0.25, 0.3) is 0 Å². The lowest BCUT2D eigenvalue weighted by Gasteiger charge is -2.28. The molecule has 11 heteroatoms. The molecule has 0 aliphatic heterocycles. The summed E-state index contributed by atoms with van der Waals surface area (Å²) in [5, 5.41) is 9.29. The first-order valence-electron chi connectivity index (χ1n) is 21.4. The average molecular weight is 767 g/mol. The van der Waals surface area contributed by atoms with Crippen LogP contribution in [0, 0.1) is 0 Å². The minimum atomic E-state index is -4.08. The molecule has 0 amide bonds. The zero-order valence-electron chi connectivity index (χ0n) is 33.5. The highest BCUT2D eigenvalue weighted by molar-refractivity contribution is 7.54. The van der Waals surface area contributed by atoms with Crippen molar-refractivity contribution in [3.63, 3.8) is 0 Å². The van der Waals surface area contributed by atoms with Crippen molar-refractivity contribution < 1.29 is 37.5 Å². The first-order valence-corrected chi connectivity index (χ1v) is 24.1. The second-order valence-corrected chi connectivity index (χ2v) is 17.5. The van der Waals surface area contributed by atoms with Gasteiger partial charge in [-0.3, -0.25) is 14.3 Å². The number of hydrogen-bond donors (Lipinski definition) is 2. The molecule has 9 nitrogen and oxygen atoms in total. The van der Waals surface area contributed by atoms with E-state index in [-0.39, 0.29) is 13.2 Å². The van der Waals surface area contributed by atoms with Gasteiger partial charge in [0.05, 0.1) is 19.8 Å². The maximum Gasteiger partial charge on any atom is 0.697 e. The summed E-state index contributed by atoms with van der Waals surface area (Å²) >= 11 is 0. The number of likely N-dealkylation sites (N-methyl/N-ethyl adjacent to an activating group) is 1. The van der Waals surface area contributed by atoms with E-state index in [2.05, 4.69) is 13.8 Å². The standard InChI is InChI=1S/C40H81NO8P2/c1-4-6-8-10-12-14-16-18-20-22-24-26-28-30-32-34-36-47-51(46,40(49-50(44)45)41(3)38-39(42)43)48-37-35-33-31-29-27-25-23-21-19-17-15-13-11-9-7-5-2/h40H,4-38H2,1-3H3,(H-,42,43,44,45)/p+1. The average Bonchev–Trinajstić information content (AvgIpc) is 3.09. The van der Waals surface area contributed by atoms with Crippen molar-refractivity contribution in [2.24, 2.45) is 0 Å². The summed E-state index contributed by atoms with van der Waals surface area (Å²) in [6.45, 7) is 4.28. The molecule has 0 aliphatic rings. The van der Waals surface area contributed by atoms with Crippen molar-refractivity contribution in [1.82, 2.24) is 4.90 Å². The molecule has 2 unspecified atom stereocenters. The number of carboxylic acids is 1. The molecule has 0 rings (SSSR count). The maximum absolute atomic E-state index is 13.9. The number of aliphatic carboxylic acids is 1. The molecule has 0 spiro atoms. The van der Waals surface area contributed by atoms with Crippen molar-refractivity contribution in [2.75, 3.05) is 26.8 Å². The van der Waals surface area contributed by atoms with Crippen LogP contribution in [-0.2, 0) is 27.5 Å². The Labute approximate surface area is 315 Å². The third-order valence-corrected chi connectivity index (χ3v) is 12.4. The van der Waals surface area contributed by atoms with E-state index in [1.54, 1.807) is 0 Å². The first kappa shape index (κ1) is 50.6. The molecule has 2 atom stereocenters. The van der Waals surface area contributed by atoms with Crippen molar-refractivity contribution in [3.05, 3.63) is 0 Å². The minimum Gasteiger partial charge on any atom is -0.480 e. The highest BCUT2D eigenvalue weighted by Gasteiger charge is 2.46. The van der Waals surface area contributed by atoms with E-state index in [0.717, 1.165) is 43.4 Å². The smallest absolute Gasteiger partial charge is 0.480 e. The minimum absolute atomic E-state index is 0.150. The lowest BCUT2D eigenvalue weighted by Crippen LogP contribution is -2.37. The molecule has 0 aromatic heterocycles. The van der Waals surface area contributed by atoms with E-state index in [1.165, 1.54) is 161 Å². The monoisotopic (exact) mass is 767 g/mol. The Morgan fingerprint density at radius 1 is 0.549 bits per heavy atom. The SMILES string of the molecule is CCCCCCCCCCCCCCCCCCOP(=O)(OCCCCCCCCCCCCCCCCCC)C(O[P+](=O)O)N(C)CC(=O)O. The van der Waals surface area contributed by atoms with Crippen LogP contribution in [0.15, 0.2) is 0 Å². The fraction of sp³-hybridized carbons (Fsp3) is 0.975. The lowest BCUT2D eigenvalue weighted by molar-refractivity contribution is -0.139. The number of unbranched alkanes of at least 4 members (excludes halogenated alkanes) is 30. The van der Waals surface area contributed by atoms with Gasteiger partial charge < -0.3 is 14.2 Å². The fourth-order valence-corrected chi connectivity index (χ4v) is 9.29. The maximum atomic E-state index is 13.9. The van der Waals surface area contributed by atoms with Gasteiger partial charge in [-0.15, -0.1) is 4.89 Å². The number of nitrogens with zero attached hydrogens (tertiary/aromatic N) is 1. The zero-order chi connectivity index (χ0) is 37.7. The molecule has 0 saturated carbocycles. The molecular weight excluding hydrogens is 684 g/mol. The molecule has 2 N–H and O–H groups in total.